The number of aryl methyl sites for hydroxylation is 2. The minimum Gasteiger partial charge on any atom is -0.466 e. The van der Waals surface area contributed by atoms with Crippen LogP contribution in [-0.4, -0.2) is 29.9 Å². The van der Waals surface area contributed by atoms with Gasteiger partial charge >= 0.3 is 5.97 Å². The van der Waals surface area contributed by atoms with Crippen molar-refractivity contribution in [3.05, 3.63) is 59.0 Å². The molecule has 1 aliphatic heterocycles. The molecule has 0 aliphatic carbocycles. The van der Waals surface area contributed by atoms with Crippen molar-refractivity contribution in [2.75, 3.05) is 13.1 Å². The van der Waals surface area contributed by atoms with Gasteiger partial charge in [0, 0.05) is 18.7 Å². The number of rotatable bonds is 4. The van der Waals surface area contributed by atoms with Crippen molar-refractivity contribution in [3.8, 4) is 0 Å². The molecule has 1 fully saturated rings. The molecule has 0 bridgehead atoms. The van der Waals surface area contributed by atoms with Gasteiger partial charge in [0.05, 0.1) is 0 Å². The molecule has 5 heteroatoms. The fourth-order valence-corrected chi connectivity index (χ4v) is 3.00. The molecular weight excluding hydrogens is 306 g/mol. The van der Waals surface area contributed by atoms with Crippen LogP contribution in [0.15, 0.2) is 40.8 Å². The Bertz CT molecular complexity index is 729. The fourth-order valence-electron chi connectivity index (χ4n) is 3.00. The normalized spacial score (nSPS) is 15.3. The molecule has 0 unspecified atom stereocenters. The minimum absolute atomic E-state index is 0.162. The van der Waals surface area contributed by atoms with Crippen LogP contribution in [-0.2, 0) is 9.53 Å². The van der Waals surface area contributed by atoms with Crippen LogP contribution in [0.25, 0.3) is 0 Å². The smallest absolute Gasteiger partial charge is 0.342 e. The lowest BCUT2D eigenvalue weighted by atomic mass is 10.1. The van der Waals surface area contributed by atoms with Crippen molar-refractivity contribution in [2.45, 2.75) is 32.8 Å². The molecule has 0 N–H and O–H groups in total. The first-order valence-electron chi connectivity index (χ1n) is 8.18. The first kappa shape index (κ1) is 16.3. The highest BCUT2D eigenvalue weighted by atomic mass is 16.5. The summed E-state index contributed by atoms with van der Waals surface area (Å²) in [4.78, 5) is 27.1. The summed E-state index contributed by atoms with van der Waals surface area (Å²) in [6.45, 7) is 4.91. The third-order valence-electron chi connectivity index (χ3n) is 4.23. The molecule has 1 atom stereocenters. The second-order valence-electron chi connectivity index (χ2n) is 6.06. The Labute approximate surface area is 141 Å². The Morgan fingerprint density at radius 1 is 1.12 bits per heavy atom. The zero-order chi connectivity index (χ0) is 17.1. The summed E-state index contributed by atoms with van der Waals surface area (Å²) in [5.74, 6) is 0.440. The van der Waals surface area contributed by atoms with Gasteiger partial charge in [-0.15, -0.1) is 0 Å². The SMILES string of the molecule is Cc1cc(C(=O)O[C@H](C(=O)N2CCCC2)c2ccccc2)c(C)o1. The molecular formula is C19H21NO4. The van der Waals surface area contributed by atoms with E-state index in [0.29, 0.717) is 35.7 Å². The van der Waals surface area contributed by atoms with E-state index < -0.39 is 12.1 Å². The molecule has 0 saturated carbocycles. The van der Waals surface area contributed by atoms with Crippen molar-refractivity contribution in [3.63, 3.8) is 0 Å². The third kappa shape index (κ3) is 3.35. The van der Waals surface area contributed by atoms with Crippen LogP contribution < -0.4 is 0 Å². The fraction of sp³-hybridized carbons (Fsp3) is 0.368. The van der Waals surface area contributed by atoms with Gasteiger partial charge in [-0.05, 0) is 32.8 Å². The highest BCUT2D eigenvalue weighted by Crippen LogP contribution is 2.25. The van der Waals surface area contributed by atoms with Crippen molar-refractivity contribution in [1.82, 2.24) is 4.90 Å². The van der Waals surface area contributed by atoms with Crippen LogP contribution in [0.2, 0.25) is 0 Å². The lowest BCUT2D eigenvalue weighted by Crippen LogP contribution is -2.34. The minimum atomic E-state index is -0.925. The van der Waals surface area contributed by atoms with Gasteiger partial charge in [0.2, 0.25) is 6.10 Å². The number of carbonyl (C=O) groups excluding carboxylic acids is 2. The van der Waals surface area contributed by atoms with E-state index in [1.54, 1.807) is 36.9 Å². The van der Waals surface area contributed by atoms with Crippen LogP contribution in [0.4, 0.5) is 0 Å². The second kappa shape index (κ2) is 6.91. The topological polar surface area (TPSA) is 59.8 Å². The van der Waals surface area contributed by atoms with Crippen LogP contribution in [0.5, 0.6) is 0 Å². The molecule has 1 amide bonds. The number of hydrogen-bond donors (Lipinski definition) is 0. The maximum Gasteiger partial charge on any atom is 0.342 e. The van der Waals surface area contributed by atoms with Gasteiger partial charge in [-0.1, -0.05) is 30.3 Å². The lowest BCUT2D eigenvalue weighted by Gasteiger charge is -2.23. The third-order valence-corrected chi connectivity index (χ3v) is 4.23. The highest BCUT2D eigenvalue weighted by molar-refractivity contribution is 5.93. The average molecular weight is 327 g/mol. The summed E-state index contributed by atoms with van der Waals surface area (Å²) >= 11 is 0. The average Bonchev–Trinajstić information content (AvgIpc) is 3.22. The van der Waals surface area contributed by atoms with E-state index in [2.05, 4.69) is 0 Å². The van der Waals surface area contributed by atoms with Gasteiger partial charge in [-0.25, -0.2) is 4.79 Å². The molecule has 1 aromatic heterocycles. The van der Waals surface area contributed by atoms with Gasteiger partial charge in [0.1, 0.15) is 17.1 Å². The van der Waals surface area contributed by atoms with E-state index in [0.717, 1.165) is 12.8 Å². The van der Waals surface area contributed by atoms with Gasteiger partial charge < -0.3 is 14.1 Å². The summed E-state index contributed by atoms with van der Waals surface area (Å²) in [7, 11) is 0. The number of furan rings is 1. The predicted molar refractivity (Wildman–Crippen MR) is 88.6 cm³/mol. The van der Waals surface area contributed by atoms with Gasteiger partial charge in [0.25, 0.3) is 5.91 Å². The Morgan fingerprint density at radius 2 is 1.79 bits per heavy atom. The number of likely N-dealkylation sites (tertiary alicyclic amines) is 1. The molecule has 1 saturated heterocycles. The Hall–Kier alpha value is -2.56. The molecule has 1 aliphatic rings. The van der Waals surface area contributed by atoms with Crippen molar-refractivity contribution in [1.29, 1.82) is 0 Å². The molecule has 2 aromatic rings. The summed E-state index contributed by atoms with van der Waals surface area (Å²) in [5, 5.41) is 0. The van der Waals surface area contributed by atoms with Crippen LogP contribution in [0.3, 0.4) is 0 Å². The molecule has 2 heterocycles. The molecule has 0 spiro atoms. The van der Waals surface area contributed by atoms with Crippen molar-refractivity contribution in [2.24, 2.45) is 0 Å². The lowest BCUT2D eigenvalue weighted by molar-refractivity contribution is -0.140. The predicted octanol–water partition coefficient (Wildman–Crippen LogP) is 3.42. The van der Waals surface area contributed by atoms with E-state index in [1.165, 1.54) is 0 Å². The van der Waals surface area contributed by atoms with E-state index in [9.17, 15) is 9.59 Å². The maximum absolute atomic E-state index is 12.8. The van der Waals surface area contributed by atoms with Crippen LogP contribution in [0.1, 0.15) is 46.4 Å². The van der Waals surface area contributed by atoms with Gasteiger partial charge in [-0.2, -0.15) is 0 Å². The van der Waals surface area contributed by atoms with Crippen LogP contribution >= 0.6 is 0 Å². The van der Waals surface area contributed by atoms with Gasteiger partial charge in [-0.3, -0.25) is 4.79 Å². The number of esters is 1. The Kier molecular flexibility index (Phi) is 4.69. The van der Waals surface area contributed by atoms with E-state index in [4.69, 9.17) is 9.15 Å². The standard InChI is InChI=1S/C19H21NO4/c1-13-12-16(14(2)23-13)19(22)24-17(15-8-4-3-5-9-15)18(21)20-10-6-7-11-20/h3-5,8-9,12,17H,6-7,10-11H2,1-2H3/t17-/m0/s1. The van der Waals surface area contributed by atoms with E-state index in [-0.39, 0.29) is 5.91 Å². The molecule has 5 nitrogen and oxygen atoms in total. The largest absolute Gasteiger partial charge is 0.466 e. The number of ether oxygens (including phenoxy) is 1. The molecule has 0 radical (unpaired) electrons. The summed E-state index contributed by atoms with van der Waals surface area (Å²) < 4.78 is 11.0. The van der Waals surface area contributed by atoms with E-state index in [1.807, 2.05) is 18.2 Å². The second-order valence-corrected chi connectivity index (χ2v) is 6.06. The molecule has 126 valence electrons. The molecule has 1 aromatic carbocycles. The Morgan fingerprint density at radius 3 is 2.38 bits per heavy atom. The highest BCUT2D eigenvalue weighted by Gasteiger charge is 2.32. The number of carbonyl (C=O) groups is 2. The maximum atomic E-state index is 12.8. The summed E-state index contributed by atoms with van der Waals surface area (Å²) in [6, 6.07) is 10.8. The zero-order valence-electron chi connectivity index (χ0n) is 14.0. The quantitative estimate of drug-likeness (QED) is 0.807. The molecule has 3 rings (SSSR count). The zero-order valence-corrected chi connectivity index (χ0v) is 14.0. The molecule has 24 heavy (non-hydrogen) atoms. The van der Waals surface area contributed by atoms with Crippen molar-refractivity contribution >= 4 is 11.9 Å². The summed E-state index contributed by atoms with van der Waals surface area (Å²) in [5.41, 5.74) is 1.04. The number of hydrogen-bond acceptors (Lipinski definition) is 4. The first-order valence-corrected chi connectivity index (χ1v) is 8.18. The summed E-state index contributed by atoms with van der Waals surface area (Å²) in [6.07, 6.45) is 1.05. The number of benzene rings is 1. The monoisotopic (exact) mass is 327 g/mol. The van der Waals surface area contributed by atoms with Gasteiger partial charge in [0.15, 0.2) is 0 Å². The first-order chi connectivity index (χ1) is 11.6. The number of amides is 1. The van der Waals surface area contributed by atoms with Crippen LogP contribution in [0, 0.1) is 13.8 Å². The Balaban J connectivity index is 1.86. The van der Waals surface area contributed by atoms with Crippen molar-refractivity contribution < 1.29 is 18.7 Å². The van der Waals surface area contributed by atoms with E-state index >= 15 is 0 Å². The number of nitrogens with zero attached hydrogens (tertiary/aromatic N) is 1.